The summed E-state index contributed by atoms with van der Waals surface area (Å²) in [6, 6.07) is 10.0. The van der Waals surface area contributed by atoms with Crippen molar-refractivity contribution >= 4 is 33.5 Å². The second-order valence-corrected chi connectivity index (χ2v) is 6.93. The van der Waals surface area contributed by atoms with Crippen LogP contribution in [0, 0.1) is 0 Å². The molecule has 0 saturated carbocycles. The molecular formula is C21H21BrO6. The van der Waals surface area contributed by atoms with Crippen LogP contribution in [-0.2, 0) is 16.1 Å². The van der Waals surface area contributed by atoms with Gasteiger partial charge >= 0.3 is 5.97 Å². The van der Waals surface area contributed by atoms with Crippen LogP contribution in [0.25, 0.3) is 0 Å². The first kappa shape index (κ1) is 21.6. The Morgan fingerprint density at radius 3 is 2.25 bits per heavy atom. The highest BCUT2D eigenvalue weighted by Gasteiger charge is 2.16. The SMILES string of the molecule is COc1ccc(C(C)=O)cc1COC(=O)CCC(=O)c1cc(Br)ccc1OC. The number of carbonyl (C=O) groups is 3. The van der Waals surface area contributed by atoms with Crippen LogP contribution in [0.2, 0.25) is 0 Å². The first-order valence-electron chi connectivity index (χ1n) is 8.56. The van der Waals surface area contributed by atoms with Gasteiger partial charge in [-0.25, -0.2) is 0 Å². The van der Waals surface area contributed by atoms with Crippen molar-refractivity contribution in [2.75, 3.05) is 14.2 Å². The topological polar surface area (TPSA) is 78.9 Å². The lowest BCUT2D eigenvalue weighted by molar-refractivity contribution is -0.144. The third-order valence-corrected chi connectivity index (χ3v) is 4.59. The van der Waals surface area contributed by atoms with Gasteiger partial charge in [0.05, 0.1) is 26.2 Å². The molecule has 2 aromatic rings. The van der Waals surface area contributed by atoms with Gasteiger partial charge in [-0.2, -0.15) is 0 Å². The van der Waals surface area contributed by atoms with Crippen molar-refractivity contribution in [1.82, 2.24) is 0 Å². The summed E-state index contributed by atoms with van der Waals surface area (Å²) in [5.41, 5.74) is 1.49. The number of benzene rings is 2. The van der Waals surface area contributed by atoms with Gasteiger partial charge in [-0.05, 0) is 43.3 Å². The first-order chi connectivity index (χ1) is 13.3. The second-order valence-electron chi connectivity index (χ2n) is 6.01. The minimum absolute atomic E-state index is 0.00370. The lowest BCUT2D eigenvalue weighted by atomic mass is 10.1. The van der Waals surface area contributed by atoms with E-state index in [9.17, 15) is 14.4 Å². The molecule has 148 valence electrons. The standard InChI is InChI=1S/C21H21BrO6/c1-13(23)14-4-7-19(26-2)15(10-14)12-28-21(25)9-6-18(24)17-11-16(22)5-8-20(17)27-3/h4-5,7-8,10-11H,6,9,12H2,1-3H3. The van der Waals surface area contributed by atoms with E-state index in [-0.39, 0.29) is 31.0 Å². The van der Waals surface area contributed by atoms with E-state index in [1.54, 1.807) is 36.4 Å². The third kappa shape index (κ3) is 5.66. The summed E-state index contributed by atoms with van der Waals surface area (Å²) in [6.07, 6.45) is -0.0700. The number of ether oxygens (including phenoxy) is 3. The number of Topliss-reactive ketones (excluding diaryl/α,β-unsaturated/α-hetero) is 2. The Kier molecular flexibility index (Phi) is 7.75. The van der Waals surface area contributed by atoms with E-state index in [1.165, 1.54) is 21.1 Å². The van der Waals surface area contributed by atoms with E-state index in [4.69, 9.17) is 14.2 Å². The molecule has 0 bridgehead atoms. The Hall–Kier alpha value is -2.67. The molecule has 0 aliphatic carbocycles. The van der Waals surface area contributed by atoms with Crippen molar-refractivity contribution in [3.05, 3.63) is 57.6 Å². The molecule has 0 fully saturated rings. The molecule has 0 aromatic heterocycles. The largest absolute Gasteiger partial charge is 0.496 e. The van der Waals surface area contributed by atoms with Crippen molar-refractivity contribution in [2.45, 2.75) is 26.4 Å². The number of hydrogen-bond donors (Lipinski definition) is 0. The Labute approximate surface area is 171 Å². The Bertz CT molecular complexity index is 890. The number of halogens is 1. The number of ketones is 2. The van der Waals surface area contributed by atoms with Gasteiger partial charge in [0.25, 0.3) is 0 Å². The van der Waals surface area contributed by atoms with Crippen molar-refractivity contribution in [1.29, 1.82) is 0 Å². The molecule has 2 rings (SSSR count). The molecule has 0 unspecified atom stereocenters. The van der Waals surface area contributed by atoms with E-state index in [1.807, 2.05) is 0 Å². The van der Waals surface area contributed by atoms with Crippen molar-refractivity contribution < 1.29 is 28.6 Å². The molecule has 0 aliphatic rings. The van der Waals surface area contributed by atoms with Gasteiger partial charge in [0.1, 0.15) is 18.1 Å². The molecule has 7 heteroatoms. The number of methoxy groups -OCH3 is 2. The average Bonchev–Trinajstić information content (AvgIpc) is 2.69. The molecule has 2 aromatic carbocycles. The van der Waals surface area contributed by atoms with E-state index in [0.29, 0.717) is 28.2 Å². The van der Waals surface area contributed by atoms with Crippen LogP contribution >= 0.6 is 15.9 Å². The van der Waals surface area contributed by atoms with Crippen molar-refractivity contribution in [2.24, 2.45) is 0 Å². The summed E-state index contributed by atoms with van der Waals surface area (Å²) in [5.74, 6) is 0.146. The number of rotatable bonds is 9. The highest BCUT2D eigenvalue weighted by molar-refractivity contribution is 9.10. The molecule has 0 atom stereocenters. The molecule has 0 radical (unpaired) electrons. The van der Waals surface area contributed by atoms with Crippen LogP contribution in [0.4, 0.5) is 0 Å². The smallest absolute Gasteiger partial charge is 0.306 e. The predicted molar refractivity (Wildman–Crippen MR) is 107 cm³/mol. The van der Waals surface area contributed by atoms with Gasteiger partial charge in [0, 0.05) is 22.0 Å². The molecule has 0 N–H and O–H groups in total. The Morgan fingerprint density at radius 1 is 0.929 bits per heavy atom. The average molecular weight is 449 g/mol. The van der Waals surface area contributed by atoms with Gasteiger partial charge in [-0.1, -0.05) is 15.9 Å². The fourth-order valence-corrected chi connectivity index (χ4v) is 2.95. The maximum atomic E-state index is 12.4. The van der Waals surface area contributed by atoms with Crippen LogP contribution in [0.5, 0.6) is 11.5 Å². The highest BCUT2D eigenvalue weighted by atomic mass is 79.9. The normalized spacial score (nSPS) is 10.3. The lowest BCUT2D eigenvalue weighted by Crippen LogP contribution is -2.10. The molecule has 0 amide bonds. The maximum Gasteiger partial charge on any atom is 0.306 e. The zero-order valence-corrected chi connectivity index (χ0v) is 17.5. The number of carbonyl (C=O) groups excluding carboxylic acids is 3. The highest BCUT2D eigenvalue weighted by Crippen LogP contribution is 2.25. The van der Waals surface area contributed by atoms with Crippen molar-refractivity contribution in [3.63, 3.8) is 0 Å². The van der Waals surface area contributed by atoms with Gasteiger partial charge in [-0.15, -0.1) is 0 Å². The summed E-state index contributed by atoms with van der Waals surface area (Å²) in [4.78, 5) is 36.0. The molecular weight excluding hydrogens is 428 g/mol. The molecule has 6 nitrogen and oxygen atoms in total. The van der Waals surface area contributed by atoms with Crippen LogP contribution in [-0.4, -0.2) is 31.8 Å². The van der Waals surface area contributed by atoms with Crippen LogP contribution < -0.4 is 9.47 Å². The van der Waals surface area contributed by atoms with Crippen LogP contribution in [0.1, 0.15) is 46.0 Å². The molecule has 0 saturated heterocycles. The fourth-order valence-electron chi connectivity index (χ4n) is 2.59. The summed E-state index contributed by atoms with van der Waals surface area (Å²) >= 11 is 3.32. The summed E-state index contributed by atoms with van der Waals surface area (Å²) < 4.78 is 16.4. The monoisotopic (exact) mass is 448 g/mol. The fraction of sp³-hybridized carbons (Fsp3) is 0.286. The van der Waals surface area contributed by atoms with E-state index in [0.717, 1.165) is 4.47 Å². The van der Waals surface area contributed by atoms with Crippen molar-refractivity contribution in [3.8, 4) is 11.5 Å². The minimum atomic E-state index is -0.516. The molecule has 0 aliphatic heterocycles. The molecule has 28 heavy (non-hydrogen) atoms. The van der Waals surface area contributed by atoms with E-state index < -0.39 is 5.97 Å². The lowest BCUT2D eigenvalue weighted by Gasteiger charge is -2.11. The minimum Gasteiger partial charge on any atom is -0.496 e. The van der Waals surface area contributed by atoms with Crippen LogP contribution in [0.15, 0.2) is 40.9 Å². The summed E-state index contributed by atoms with van der Waals surface area (Å²) in [6.45, 7) is 1.41. The summed E-state index contributed by atoms with van der Waals surface area (Å²) in [5, 5.41) is 0. The van der Waals surface area contributed by atoms with Gasteiger partial charge < -0.3 is 14.2 Å². The van der Waals surface area contributed by atoms with E-state index in [2.05, 4.69) is 15.9 Å². The second kappa shape index (κ2) is 10.0. The van der Waals surface area contributed by atoms with Crippen LogP contribution in [0.3, 0.4) is 0 Å². The quantitative estimate of drug-likeness (QED) is 0.418. The zero-order valence-electron chi connectivity index (χ0n) is 15.9. The van der Waals surface area contributed by atoms with E-state index >= 15 is 0 Å². The predicted octanol–water partition coefficient (Wildman–Crippen LogP) is 4.38. The Balaban J connectivity index is 1.96. The first-order valence-corrected chi connectivity index (χ1v) is 9.35. The molecule has 0 heterocycles. The number of esters is 1. The zero-order chi connectivity index (χ0) is 20.7. The number of hydrogen-bond acceptors (Lipinski definition) is 6. The Morgan fingerprint density at radius 2 is 1.61 bits per heavy atom. The van der Waals surface area contributed by atoms with Gasteiger partial charge in [0.15, 0.2) is 11.6 Å². The summed E-state index contributed by atoms with van der Waals surface area (Å²) in [7, 11) is 2.98. The third-order valence-electron chi connectivity index (χ3n) is 4.09. The van der Waals surface area contributed by atoms with Gasteiger partial charge in [-0.3, -0.25) is 14.4 Å². The van der Waals surface area contributed by atoms with Gasteiger partial charge in [0.2, 0.25) is 0 Å². The maximum absolute atomic E-state index is 12.4. The molecule has 0 spiro atoms.